The molecule has 1 aromatic heterocycles. The first-order valence-corrected chi connectivity index (χ1v) is 6.89. The predicted octanol–water partition coefficient (Wildman–Crippen LogP) is 1.51. The SMILES string of the molecule is CC(C)c1noc(-c2ccc(S(N)(=O)=O)cc2)n1. The van der Waals surface area contributed by atoms with Crippen LogP contribution in [-0.2, 0) is 10.0 Å². The third-order valence-electron chi connectivity index (χ3n) is 2.39. The smallest absolute Gasteiger partial charge is 0.257 e. The van der Waals surface area contributed by atoms with Gasteiger partial charge >= 0.3 is 0 Å². The predicted molar refractivity (Wildman–Crippen MR) is 65.2 cm³/mol. The first kappa shape index (κ1) is 12.7. The van der Waals surface area contributed by atoms with Crippen molar-refractivity contribution in [3.63, 3.8) is 0 Å². The second kappa shape index (κ2) is 4.51. The molecule has 0 saturated heterocycles. The van der Waals surface area contributed by atoms with E-state index in [1.54, 1.807) is 12.1 Å². The van der Waals surface area contributed by atoms with Crippen LogP contribution in [-0.4, -0.2) is 18.6 Å². The van der Waals surface area contributed by atoms with Crippen LogP contribution >= 0.6 is 0 Å². The van der Waals surface area contributed by atoms with Crippen molar-refractivity contribution in [3.8, 4) is 11.5 Å². The number of aromatic nitrogens is 2. The third kappa shape index (κ3) is 2.57. The summed E-state index contributed by atoms with van der Waals surface area (Å²) in [6.07, 6.45) is 0. The van der Waals surface area contributed by atoms with Crippen molar-refractivity contribution in [3.05, 3.63) is 30.1 Å². The summed E-state index contributed by atoms with van der Waals surface area (Å²) in [5.41, 5.74) is 0.654. The van der Waals surface area contributed by atoms with Crippen LogP contribution in [0.4, 0.5) is 0 Å². The van der Waals surface area contributed by atoms with Gasteiger partial charge in [0.2, 0.25) is 10.0 Å². The minimum absolute atomic E-state index is 0.0508. The molecule has 0 spiro atoms. The Bertz CT molecular complexity index is 644. The largest absolute Gasteiger partial charge is 0.334 e. The quantitative estimate of drug-likeness (QED) is 0.908. The van der Waals surface area contributed by atoms with E-state index in [0.717, 1.165) is 0 Å². The first-order valence-electron chi connectivity index (χ1n) is 5.35. The third-order valence-corrected chi connectivity index (χ3v) is 3.32. The van der Waals surface area contributed by atoms with E-state index in [4.69, 9.17) is 9.66 Å². The minimum Gasteiger partial charge on any atom is -0.334 e. The second-order valence-electron chi connectivity index (χ2n) is 4.18. The highest BCUT2D eigenvalue weighted by atomic mass is 32.2. The highest BCUT2D eigenvalue weighted by Crippen LogP contribution is 2.21. The highest BCUT2D eigenvalue weighted by Gasteiger charge is 2.13. The number of nitrogens with two attached hydrogens (primary N) is 1. The van der Waals surface area contributed by atoms with Gasteiger partial charge in [0.1, 0.15) is 0 Å². The van der Waals surface area contributed by atoms with Crippen molar-refractivity contribution in [2.75, 3.05) is 0 Å². The molecule has 0 radical (unpaired) electrons. The Kier molecular flexibility index (Phi) is 3.18. The molecule has 1 heterocycles. The minimum atomic E-state index is -3.68. The Balaban J connectivity index is 2.34. The van der Waals surface area contributed by atoms with Gasteiger partial charge in [-0.05, 0) is 24.3 Å². The zero-order valence-corrected chi connectivity index (χ0v) is 10.8. The van der Waals surface area contributed by atoms with Gasteiger partial charge in [0.05, 0.1) is 4.90 Å². The van der Waals surface area contributed by atoms with Crippen molar-refractivity contribution < 1.29 is 12.9 Å². The van der Waals surface area contributed by atoms with E-state index in [9.17, 15) is 8.42 Å². The molecular weight excluding hydrogens is 254 g/mol. The van der Waals surface area contributed by atoms with Gasteiger partial charge in [0.15, 0.2) is 5.82 Å². The van der Waals surface area contributed by atoms with Gasteiger partial charge in [-0.2, -0.15) is 4.98 Å². The van der Waals surface area contributed by atoms with Gasteiger partial charge in [-0.25, -0.2) is 13.6 Å². The summed E-state index contributed by atoms with van der Waals surface area (Å²) in [7, 11) is -3.68. The molecule has 0 atom stereocenters. The lowest BCUT2D eigenvalue weighted by Gasteiger charge is -1.98. The van der Waals surface area contributed by atoms with Crippen LogP contribution < -0.4 is 5.14 Å². The van der Waals surface area contributed by atoms with Crippen molar-refractivity contribution in [2.24, 2.45) is 5.14 Å². The van der Waals surface area contributed by atoms with E-state index in [1.165, 1.54) is 12.1 Å². The number of rotatable bonds is 3. The normalized spacial score (nSPS) is 12.0. The number of primary sulfonamides is 1. The molecule has 7 heteroatoms. The molecule has 2 aromatic rings. The van der Waals surface area contributed by atoms with Crippen LogP contribution in [0.5, 0.6) is 0 Å². The monoisotopic (exact) mass is 267 g/mol. The molecule has 1 aromatic carbocycles. The summed E-state index contributed by atoms with van der Waals surface area (Å²) < 4.78 is 27.3. The fraction of sp³-hybridized carbons (Fsp3) is 0.273. The highest BCUT2D eigenvalue weighted by molar-refractivity contribution is 7.89. The zero-order valence-electron chi connectivity index (χ0n) is 9.99. The fourth-order valence-electron chi connectivity index (χ4n) is 1.37. The maximum atomic E-state index is 11.1. The molecule has 0 bridgehead atoms. The molecule has 6 nitrogen and oxygen atoms in total. The second-order valence-corrected chi connectivity index (χ2v) is 5.74. The van der Waals surface area contributed by atoms with E-state index in [0.29, 0.717) is 17.3 Å². The molecule has 0 aliphatic carbocycles. The number of benzene rings is 1. The van der Waals surface area contributed by atoms with Crippen LogP contribution in [0.2, 0.25) is 0 Å². The van der Waals surface area contributed by atoms with Crippen molar-refractivity contribution in [1.29, 1.82) is 0 Å². The lowest BCUT2D eigenvalue weighted by Crippen LogP contribution is -2.11. The molecule has 0 saturated carbocycles. The molecule has 0 unspecified atom stereocenters. The van der Waals surface area contributed by atoms with Crippen LogP contribution in [0.3, 0.4) is 0 Å². The van der Waals surface area contributed by atoms with Gasteiger partial charge in [-0.3, -0.25) is 0 Å². The van der Waals surface area contributed by atoms with Crippen molar-refractivity contribution in [1.82, 2.24) is 10.1 Å². The molecule has 0 fully saturated rings. The lowest BCUT2D eigenvalue weighted by molar-refractivity contribution is 0.419. The summed E-state index contributed by atoms with van der Waals surface area (Å²) in [6, 6.07) is 5.97. The summed E-state index contributed by atoms with van der Waals surface area (Å²) in [5.74, 6) is 1.14. The van der Waals surface area contributed by atoms with Crippen LogP contribution in [0.15, 0.2) is 33.7 Å². The van der Waals surface area contributed by atoms with E-state index in [1.807, 2.05) is 13.8 Å². The summed E-state index contributed by atoms with van der Waals surface area (Å²) in [5, 5.41) is 8.84. The maximum absolute atomic E-state index is 11.1. The number of sulfonamides is 1. The molecular formula is C11H13N3O3S. The molecule has 18 heavy (non-hydrogen) atoms. The Morgan fingerprint density at radius 3 is 2.28 bits per heavy atom. The standard InChI is InChI=1S/C11H13N3O3S/c1-7(2)10-13-11(17-14-10)8-3-5-9(6-4-8)18(12,15)16/h3-7H,1-2H3,(H2,12,15,16). The van der Waals surface area contributed by atoms with Gasteiger partial charge in [0, 0.05) is 11.5 Å². The first-order chi connectivity index (χ1) is 8.38. The molecule has 2 rings (SSSR count). The molecule has 0 amide bonds. The van der Waals surface area contributed by atoms with E-state index >= 15 is 0 Å². The number of hydrogen-bond acceptors (Lipinski definition) is 5. The number of hydrogen-bond donors (Lipinski definition) is 1. The molecule has 0 aliphatic rings. The summed E-state index contributed by atoms with van der Waals surface area (Å²) in [4.78, 5) is 4.26. The zero-order chi connectivity index (χ0) is 13.3. The average Bonchev–Trinajstić information content (AvgIpc) is 2.77. The lowest BCUT2D eigenvalue weighted by atomic mass is 10.2. The van der Waals surface area contributed by atoms with E-state index in [-0.39, 0.29) is 10.8 Å². The van der Waals surface area contributed by atoms with Crippen molar-refractivity contribution in [2.45, 2.75) is 24.7 Å². The maximum Gasteiger partial charge on any atom is 0.257 e. The summed E-state index contributed by atoms with van der Waals surface area (Å²) in [6.45, 7) is 3.91. The Morgan fingerprint density at radius 2 is 1.83 bits per heavy atom. The Hall–Kier alpha value is -1.73. The Morgan fingerprint density at radius 1 is 1.22 bits per heavy atom. The van der Waals surface area contributed by atoms with Gasteiger partial charge in [-0.1, -0.05) is 19.0 Å². The Labute approximate surface area is 105 Å². The average molecular weight is 267 g/mol. The van der Waals surface area contributed by atoms with E-state index < -0.39 is 10.0 Å². The number of nitrogens with zero attached hydrogens (tertiary/aromatic N) is 2. The van der Waals surface area contributed by atoms with Crippen LogP contribution in [0.25, 0.3) is 11.5 Å². The van der Waals surface area contributed by atoms with E-state index in [2.05, 4.69) is 10.1 Å². The molecule has 2 N–H and O–H groups in total. The van der Waals surface area contributed by atoms with Crippen molar-refractivity contribution >= 4 is 10.0 Å². The topological polar surface area (TPSA) is 99.1 Å². The summed E-state index contributed by atoms with van der Waals surface area (Å²) >= 11 is 0. The van der Waals surface area contributed by atoms with Gasteiger partial charge in [-0.15, -0.1) is 0 Å². The van der Waals surface area contributed by atoms with Gasteiger partial charge in [0.25, 0.3) is 5.89 Å². The van der Waals surface area contributed by atoms with Crippen LogP contribution in [0, 0.1) is 0 Å². The fourth-order valence-corrected chi connectivity index (χ4v) is 1.89. The molecule has 0 aliphatic heterocycles. The van der Waals surface area contributed by atoms with Gasteiger partial charge < -0.3 is 4.52 Å². The molecule has 96 valence electrons. The van der Waals surface area contributed by atoms with Crippen LogP contribution in [0.1, 0.15) is 25.6 Å².